The smallest absolute Gasteiger partial charge is 0.251 e. The first-order chi connectivity index (χ1) is 10.4. The Kier molecular flexibility index (Phi) is 5.19. The molecular weight excluding hydrogens is 278 g/mol. The van der Waals surface area contributed by atoms with E-state index >= 15 is 0 Å². The Morgan fingerprint density at radius 2 is 2.09 bits per heavy atom. The molecule has 120 valence electrons. The van der Waals surface area contributed by atoms with Crippen molar-refractivity contribution in [2.75, 3.05) is 13.1 Å². The zero-order valence-electron chi connectivity index (χ0n) is 13.5. The number of amides is 2. The molecule has 1 aliphatic rings. The number of benzene rings is 1. The topological polar surface area (TPSA) is 75.4 Å². The van der Waals surface area contributed by atoms with E-state index in [1.807, 2.05) is 39.0 Å². The van der Waals surface area contributed by atoms with Gasteiger partial charge in [-0.3, -0.25) is 9.59 Å². The standard InChI is InChI=1S/C17H25N3O2/c1-11(2)15(17(22)20-8-7-14(18)10-20)19-16(21)13-6-4-5-12(3)9-13/h4-6,9,11,14-15H,7-8,10,18H2,1-3H3,(H,19,21)/t14-,15?/m1/s1. The normalized spacial score (nSPS) is 19.3. The molecule has 2 amide bonds. The van der Waals surface area contributed by atoms with Crippen LogP contribution in [0.2, 0.25) is 0 Å². The lowest BCUT2D eigenvalue weighted by Gasteiger charge is -2.27. The van der Waals surface area contributed by atoms with Gasteiger partial charge in [-0.2, -0.15) is 0 Å². The Morgan fingerprint density at radius 1 is 1.36 bits per heavy atom. The molecule has 0 bridgehead atoms. The lowest BCUT2D eigenvalue weighted by atomic mass is 10.0. The minimum atomic E-state index is -0.515. The summed E-state index contributed by atoms with van der Waals surface area (Å²) in [6, 6.07) is 6.89. The number of nitrogens with two attached hydrogens (primary N) is 1. The Bertz CT molecular complexity index is 557. The summed E-state index contributed by atoms with van der Waals surface area (Å²) in [5.74, 6) is -0.221. The van der Waals surface area contributed by atoms with Crippen LogP contribution in [0.3, 0.4) is 0 Å². The third-order valence-electron chi connectivity index (χ3n) is 4.04. The Hall–Kier alpha value is -1.88. The van der Waals surface area contributed by atoms with Crippen LogP contribution in [-0.2, 0) is 4.79 Å². The molecule has 0 saturated carbocycles. The van der Waals surface area contributed by atoms with Gasteiger partial charge in [0.1, 0.15) is 6.04 Å². The van der Waals surface area contributed by atoms with Crippen molar-refractivity contribution in [2.24, 2.45) is 11.7 Å². The van der Waals surface area contributed by atoms with Gasteiger partial charge in [-0.15, -0.1) is 0 Å². The molecule has 2 rings (SSSR count). The summed E-state index contributed by atoms with van der Waals surface area (Å²) < 4.78 is 0. The van der Waals surface area contributed by atoms with Gasteiger partial charge in [0.2, 0.25) is 5.91 Å². The highest BCUT2D eigenvalue weighted by molar-refractivity contribution is 5.97. The van der Waals surface area contributed by atoms with Crippen molar-refractivity contribution in [3.63, 3.8) is 0 Å². The Labute approximate surface area is 131 Å². The summed E-state index contributed by atoms with van der Waals surface area (Å²) in [5.41, 5.74) is 7.47. The average molecular weight is 303 g/mol. The first-order valence-corrected chi connectivity index (χ1v) is 7.80. The fraction of sp³-hybridized carbons (Fsp3) is 0.529. The van der Waals surface area contributed by atoms with Crippen LogP contribution in [-0.4, -0.2) is 41.9 Å². The van der Waals surface area contributed by atoms with Crippen molar-refractivity contribution in [3.05, 3.63) is 35.4 Å². The molecule has 1 saturated heterocycles. The SMILES string of the molecule is Cc1cccc(C(=O)NC(C(=O)N2CC[C@@H](N)C2)C(C)C)c1. The van der Waals surface area contributed by atoms with E-state index in [0.29, 0.717) is 18.7 Å². The van der Waals surface area contributed by atoms with Crippen molar-refractivity contribution < 1.29 is 9.59 Å². The van der Waals surface area contributed by atoms with Gasteiger partial charge in [0.15, 0.2) is 0 Å². The molecule has 5 heteroatoms. The van der Waals surface area contributed by atoms with Gasteiger partial charge in [0, 0.05) is 24.7 Å². The molecule has 5 nitrogen and oxygen atoms in total. The Balaban J connectivity index is 2.08. The molecule has 0 aromatic heterocycles. The van der Waals surface area contributed by atoms with E-state index in [1.165, 1.54) is 0 Å². The van der Waals surface area contributed by atoms with Crippen molar-refractivity contribution in [2.45, 2.75) is 39.3 Å². The van der Waals surface area contributed by atoms with Gasteiger partial charge in [-0.1, -0.05) is 31.5 Å². The van der Waals surface area contributed by atoms with Gasteiger partial charge >= 0.3 is 0 Å². The largest absolute Gasteiger partial charge is 0.340 e. The molecular formula is C17H25N3O2. The molecule has 1 aromatic carbocycles. The van der Waals surface area contributed by atoms with E-state index in [4.69, 9.17) is 5.73 Å². The molecule has 22 heavy (non-hydrogen) atoms. The van der Waals surface area contributed by atoms with E-state index in [0.717, 1.165) is 12.0 Å². The van der Waals surface area contributed by atoms with E-state index in [1.54, 1.807) is 11.0 Å². The lowest BCUT2D eigenvalue weighted by Crippen LogP contribution is -2.51. The number of nitrogens with one attached hydrogen (secondary N) is 1. The number of nitrogens with zero attached hydrogens (tertiary/aromatic N) is 1. The highest BCUT2D eigenvalue weighted by atomic mass is 16.2. The first kappa shape index (κ1) is 16.5. The number of aryl methyl sites for hydroxylation is 1. The molecule has 1 heterocycles. The van der Waals surface area contributed by atoms with Crippen LogP contribution in [0.1, 0.15) is 36.2 Å². The number of hydrogen-bond acceptors (Lipinski definition) is 3. The number of likely N-dealkylation sites (tertiary alicyclic amines) is 1. The predicted molar refractivity (Wildman–Crippen MR) is 86.4 cm³/mol. The third kappa shape index (κ3) is 3.85. The summed E-state index contributed by atoms with van der Waals surface area (Å²) in [6.45, 7) is 7.06. The molecule has 1 aromatic rings. The van der Waals surface area contributed by atoms with Crippen LogP contribution < -0.4 is 11.1 Å². The summed E-state index contributed by atoms with van der Waals surface area (Å²) in [7, 11) is 0. The molecule has 3 N–H and O–H groups in total. The van der Waals surface area contributed by atoms with Crippen LogP contribution in [0.5, 0.6) is 0 Å². The predicted octanol–water partition coefficient (Wildman–Crippen LogP) is 1.31. The summed E-state index contributed by atoms with van der Waals surface area (Å²) in [6.07, 6.45) is 0.822. The van der Waals surface area contributed by atoms with Crippen LogP contribution in [0, 0.1) is 12.8 Å². The fourth-order valence-corrected chi connectivity index (χ4v) is 2.71. The second kappa shape index (κ2) is 6.92. The minimum Gasteiger partial charge on any atom is -0.340 e. The second-order valence-electron chi connectivity index (χ2n) is 6.40. The molecule has 0 aliphatic carbocycles. The van der Waals surface area contributed by atoms with Crippen molar-refractivity contribution in [1.82, 2.24) is 10.2 Å². The number of carbonyl (C=O) groups is 2. The molecule has 1 unspecified atom stereocenters. The number of rotatable bonds is 4. The van der Waals surface area contributed by atoms with Gasteiger partial charge < -0.3 is 16.0 Å². The molecule has 0 spiro atoms. The van der Waals surface area contributed by atoms with E-state index in [9.17, 15) is 9.59 Å². The van der Waals surface area contributed by atoms with E-state index in [-0.39, 0.29) is 23.8 Å². The highest BCUT2D eigenvalue weighted by Gasteiger charge is 2.32. The van der Waals surface area contributed by atoms with Gasteiger partial charge in [0.05, 0.1) is 0 Å². The summed E-state index contributed by atoms with van der Waals surface area (Å²) >= 11 is 0. The third-order valence-corrected chi connectivity index (χ3v) is 4.04. The fourth-order valence-electron chi connectivity index (χ4n) is 2.71. The quantitative estimate of drug-likeness (QED) is 0.880. The average Bonchev–Trinajstić information content (AvgIpc) is 2.90. The maximum atomic E-state index is 12.6. The highest BCUT2D eigenvalue weighted by Crippen LogP contribution is 2.14. The minimum absolute atomic E-state index is 0.0260. The zero-order chi connectivity index (χ0) is 16.3. The monoisotopic (exact) mass is 303 g/mol. The van der Waals surface area contributed by atoms with Crippen molar-refractivity contribution in [1.29, 1.82) is 0 Å². The van der Waals surface area contributed by atoms with Gasteiger partial charge in [-0.25, -0.2) is 0 Å². The van der Waals surface area contributed by atoms with Gasteiger partial charge in [-0.05, 0) is 31.4 Å². The molecule has 1 aliphatic heterocycles. The Morgan fingerprint density at radius 3 is 2.64 bits per heavy atom. The zero-order valence-corrected chi connectivity index (χ0v) is 13.5. The lowest BCUT2D eigenvalue weighted by molar-refractivity contribution is -0.133. The second-order valence-corrected chi connectivity index (χ2v) is 6.40. The van der Waals surface area contributed by atoms with Crippen molar-refractivity contribution in [3.8, 4) is 0 Å². The van der Waals surface area contributed by atoms with Gasteiger partial charge in [0.25, 0.3) is 5.91 Å². The summed E-state index contributed by atoms with van der Waals surface area (Å²) in [4.78, 5) is 26.8. The number of carbonyl (C=O) groups excluding carboxylic acids is 2. The van der Waals surface area contributed by atoms with Crippen LogP contribution in [0.25, 0.3) is 0 Å². The van der Waals surface area contributed by atoms with E-state index in [2.05, 4.69) is 5.32 Å². The van der Waals surface area contributed by atoms with Crippen LogP contribution >= 0.6 is 0 Å². The molecule has 1 fully saturated rings. The van der Waals surface area contributed by atoms with E-state index < -0.39 is 6.04 Å². The maximum absolute atomic E-state index is 12.6. The first-order valence-electron chi connectivity index (χ1n) is 7.80. The van der Waals surface area contributed by atoms with Crippen LogP contribution in [0.4, 0.5) is 0 Å². The number of hydrogen-bond donors (Lipinski definition) is 2. The molecule has 2 atom stereocenters. The van der Waals surface area contributed by atoms with Crippen molar-refractivity contribution >= 4 is 11.8 Å². The maximum Gasteiger partial charge on any atom is 0.251 e. The molecule has 0 radical (unpaired) electrons. The summed E-state index contributed by atoms with van der Waals surface area (Å²) in [5, 5.41) is 2.88. The van der Waals surface area contributed by atoms with Crippen LogP contribution in [0.15, 0.2) is 24.3 Å².